The molecule has 0 aliphatic rings. The van der Waals surface area contributed by atoms with Crippen LogP contribution in [0.5, 0.6) is 0 Å². The van der Waals surface area contributed by atoms with Gasteiger partial charge in [-0.1, -0.05) is 57.0 Å². The molecule has 2 nitrogen and oxygen atoms in total. The maximum atomic E-state index is 12.5. The van der Waals surface area contributed by atoms with Crippen molar-refractivity contribution >= 4 is 5.78 Å². The molecule has 106 valence electrons. The number of carbonyl (C=O) groups excluding carboxylic acids is 1. The Morgan fingerprint density at radius 2 is 1.58 bits per heavy atom. The SMILES string of the molecule is CCCCN(CCCC)C(C)C(=O)c1ccccc1. The quantitative estimate of drug-likeness (QED) is 0.622. The van der Waals surface area contributed by atoms with Crippen LogP contribution in [0.3, 0.4) is 0 Å². The zero-order chi connectivity index (χ0) is 14.1. The molecule has 1 unspecified atom stereocenters. The summed E-state index contributed by atoms with van der Waals surface area (Å²) in [7, 11) is 0. The van der Waals surface area contributed by atoms with Gasteiger partial charge >= 0.3 is 0 Å². The number of hydrogen-bond donors (Lipinski definition) is 0. The first-order chi connectivity index (χ1) is 9.20. The number of ketones is 1. The third-order valence-corrected chi connectivity index (χ3v) is 3.58. The average molecular weight is 261 g/mol. The predicted molar refractivity (Wildman–Crippen MR) is 81.6 cm³/mol. The van der Waals surface area contributed by atoms with Gasteiger partial charge in [-0.25, -0.2) is 0 Å². The topological polar surface area (TPSA) is 20.3 Å². The molecule has 0 amide bonds. The van der Waals surface area contributed by atoms with Crippen LogP contribution in [-0.2, 0) is 0 Å². The van der Waals surface area contributed by atoms with E-state index in [0.29, 0.717) is 0 Å². The van der Waals surface area contributed by atoms with E-state index in [0.717, 1.165) is 31.5 Å². The van der Waals surface area contributed by atoms with Gasteiger partial charge in [0.1, 0.15) is 0 Å². The summed E-state index contributed by atoms with van der Waals surface area (Å²) in [5, 5.41) is 0. The average Bonchev–Trinajstić information content (AvgIpc) is 2.47. The Labute approximate surface area is 117 Å². The number of unbranched alkanes of at least 4 members (excludes halogenated alkanes) is 2. The van der Waals surface area contributed by atoms with E-state index in [-0.39, 0.29) is 11.8 Å². The van der Waals surface area contributed by atoms with Crippen LogP contribution >= 0.6 is 0 Å². The minimum Gasteiger partial charge on any atom is -0.294 e. The highest BCUT2D eigenvalue weighted by Gasteiger charge is 2.21. The second-order valence-corrected chi connectivity index (χ2v) is 5.15. The van der Waals surface area contributed by atoms with E-state index in [1.807, 2.05) is 37.3 Å². The Morgan fingerprint density at radius 3 is 2.05 bits per heavy atom. The number of carbonyl (C=O) groups is 1. The van der Waals surface area contributed by atoms with E-state index < -0.39 is 0 Å². The Kier molecular flexibility index (Phi) is 7.42. The van der Waals surface area contributed by atoms with Gasteiger partial charge < -0.3 is 0 Å². The Morgan fingerprint density at radius 1 is 1.05 bits per heavy atom. The van der Waals surface area contributed by atoms with E-state index in [1.165, 1.54) is 12.8 Å². The van der Waals surface area contributed by atoms with Crippen molar-refractivity contribution in [2.45, 2.75) is 52.5 Å². The van der Waals surface area contributed by atoms with Crippen LogP contribution in [0.2, 0.25) is 0 Å². The van der Waals surface area contributed by atoms with E-state index >= 15 is 0 Å². The van der Waals surface area contributed by atoms with Gasteiger partial charge in [-0.3, -0.25) is 9.69 Å². The van der Waals surface area contributed by atoms with Crippen molar-refractivity contribution in [2.24, 2.45) is 0 Å². The highest BCUT2D eigenvalue weighted by atomic mass is 16.1. The van der Waals surface area contributed by atoms with Crippen LogP contribution in [0.4, 0.5) is 0 Å². The predicted octanol–water partition coefficient (Wildman–Crippen LogP) is 4.16. The summed E-state index contributed by atoms with van der Waals surface area (Å²) in [4.78, 5) is 14.8. The molecule has 0 saturated heterocycles. The highest BCUT2D eigenvalue weighted by Crippen LogP contribution is 2.11. The Balaban J connectivity index is 2.68. The van der Waals surface area contributed by atoms with Crippen molar-refractivity contribution in [3.05, 3.63) is 35.9 Å². The molecule has 0 fully saturated rings. The van der Waals surface area contributed by atoms with Crippen LogP contribution in [0.25, 0.3) is 0 Å². The normalized spacial score (nSPS) is 12.6. The van der Waals surface area contributed by atoms with Crippen LogP contribution in [0.1, 0.15) is 56.8 Å². The second-order valence-electron chi connectivity index (χ2n) is 5.15. The molecule has 0 spiro atoms. The molecule has 2 heteroatoms. The fourth-order valence-corrected chi connectivity index (χ4v) is 2.23. The number of Topliss-reactive ketones (excluding diaryl/α,β-unsaturated/α-hetero) is 1. The molecule has 0 saturated carbocycles. The molecule has 0 radical (unpaired) electrons. The lowest BCUT2D eigenvalue weighted by Crippen LogP contribution is -2.40. The third-order valence-electron chi connectivity index (χ3n) is 3.58. The first-order valence-corrected chi connectivity index (χ1v) is 7.54. The lowest BCUT2D eigenvalue weighted by atomic mass is 10.0. The van der Waals surface area contributed by atoms with Gasteiger partial charge in [0.25, 0.3) is 0 Å². The highest BCUT2D eigenvalue weighted by molar-refractivity contribution is 5.99. The van der Waals surface area contributed by atoms with E-state index in [1.54, 1.807) is 0 Å². The lowest BCUT2D eigenvalue weighted by molar-refractivity contribution is 0.0833. The van der Waals surface area contributed by atoms with Crippen molar-refractivity contribution in [2.75, 3.05) is 13.1 Å². The summed E-state index contributed by atoms with van der Waals surface area (Å²) in [5.41, 5.74) is 0.827. The number of benzene rings is 1. The minimum atomic E-state index is -0.0134. The molecule has 0 bridgehead atoms. The first-order valence-electron chi connectivity index (χ1n) is 7.54. The molecule has 19 heavy (non-hydrogen) atoms. The molecule has 0 aliphatic carbocycles. The fourth-order valence-electron chi connectivity index (χ4n) is 2.23. The van der Waals surface area contributed by atoms with Gasteiger partial charge in [-0.2, -0.15) is 0 Å². The lowest BCUT2D eigenvalue weighted by Gasteiger charge is -2.28. The van der Waals surface area contributed by atoms with Crippen molar-refractivity contribution in [1.29, 1.82) is 0 Å². The summed E-state index contributed by atoms with van der Waals surface area (Å²) < 4.78 is 0. The van der Waals surface area contributed by atoms with E-state index in [4.69, 9.17) is 0 Å². The molecule has 1 atom stereocenters. The molecule has 0 aromatic heterocycles. The summed E-state index contributed by atoms with van der Waals surface area (Å²) in [5.74, 6) is 0.243. The zero-order valence-electron chi connectivity index (χ0n) is 12.6. The van der Waals surface area contributed by atoms with E-state index in [2.05, 4.69) is 18.7 Å². The molecule has 1 aromatic rings. The van der Waals surface area contributed by atoms with Gasteiger partial charge in [0.2, 0.25) is 0 Å². The maximum Gasteiger partial charge on any atom is 0.179 e. The van der Waals surface area contributed by atoms with Crippen LogP contribution in [-0.4, -0.2) is 29.8 Å². The zero-order valence-corrected chi connectivity index (χ0v) is 12.6. The standard InChI is InChI=1S/C17H27NO/c1-4-6-13-18(14-7-5-2)15(3)17(19)16-11-9-8-10-12-16/h8-12,15H,4-7,13-14H2,1-3H3. The van der Waals surface area contributed by atoms with E-state index in [9.17, 15) is 4.79 Å². The largest absolute Gasteiger partial charge is 0.294 e. The smallest absolute Gasteiger partial charge is 0.179 e. The molecule has 0 aliphatic heterocycles. The number of rotatable bonds is 9. The maximum absolute atomic E-state index is 12.5. The van der Waals surface area contributed by atoms with Crippen LogP contribution in [0.15, 0.2) is 30.3 Å². The van der Waals surface area contributed by atoms with Crippen LogP contribution in [0, 0.1) is 0 Å². The fraction of sp³-hybridized carbons (Fsp3) is 0.588. The summed E-state index contributed by atoms with van der Waals surface area (Å²) in [6.45, 7) is 8.48. The van der Waals surface area contributed by atoms with Crippen molar-refractivity contribution < 1.29 is 4.79 Å². The van der Waals surface area contributed by atoms with Gasteiger partial charge in [0, 0.05) is 5.56 Å². The summed E-state index contributed by atoms with van der Waals surface area (Å²) in [6.07, 6.45) is 4.68. The minimum absolute atomic E-state index is 0.0134. The molecular formula is C17H27NO. The molecule has 1 rings (SSSR count). The van der Waals surface area contributed by atoms with Crippen molar-refractivity contribution in [3.63, 3.8) is 0 Å². The molecule has 0 N–H and O–H groups in total. The number of hydrogen-bond acceptors (Lipinski definition) is 2. The van der Waals surface area contributed by atoms with Gasteiger partial charge in [0.15, 0.2) is 5.78 Å². The van der Waals surface area contributed by atoms with Gasteiger partial charge in [0.05, 0.1) is 6.04 Å². The molecule has 1 aromatic carbocycles. The van der Waals surface area contributed by atoms with Gasteiger partial charge in [-0.05, 0) is 32.9 Å². The molecule has 0 heterocycles. The summed E-state index contributed by atoms with van der Waals surface area (Å²) >= 11 is 0. The third kappa shape index (κ3) is 5.15. The van der Waals surface area contributed by atoms with Crippen molar-refractivity contribution in [3.8, 4) is 0 Å². The monoisotopic (exact) mass is 261 g/mol. The van der Waals surface area contributed by atoms with Crippen LogP contribution < -0.4 is 0 Å². The van der Waals surface area contributed by atoms with Gasteiger partial charge in [-0.15, -0.1) is 0 Å². The summed E-state index contributed by atoms with van der Waals surface area (Å²) in [6, 6.07) is 9.63. The number of nitrogens with zero attached hydrogens (tertiary/aromatic N) is 1. The Hall–Kier alpha value is -1.15. The first kappa shape index (κ1) is 15.9. The second kappa shape index (κ2) is 8.87. The molecular weight excluding hydrogens is 234 g/mol. The van der Waals surface area contributed by atoms with Crippen molar-refractivity contribution in [1.82, 2.24) is 4.90 Å². The Bertz CT molecular complexity index is 353.